The Bertz CT molecular complexity index is 635. The molecule has 0 spiro atoms. The number of nitrogens with one attached hydrogen (secondary N) is 2. The summed E-state index contributed by atoms with van der Waals surface area (Å²) in [6, 6.07) is 3.64. The highest BCUT2D eigenvalue weighted by Gasteiger charge is 2.16. The molecule has 0 atom stereocenters. The number of nitrogens with zero attached hydrogens (tertiary/aromatic N) is 2. The number of carbonyl (C=O) groups is 1. The number of amides is 1. The molecule has 6 nitrogen and oxygen atoms in total. The molecule has 0 aliphatic rings. The Balaban J connectivity index is 2.22. The van der Waals surface area contributed by atoms with Crippen LogP contribution in [0.3, 0.4) is 0 Å². The molecular weight excluding hydrogens is 256 g/mol. The summed E-state index contributed by atoms with van der Waals surface area (Å²) >= 11 is 0. The van der Waals surface area contributed by atoms with E-state index in [1.165, 1.54) is 0 Å². The molecule has 0 aromatic carbocycles. The van der Waals surface area contributed by atoms with Crippen LogP contribution in [0.25, 0.3) is 10.8 Å². The topological polar surface area (TPSA) is 76.1 Å². The zero-order chi connectivity index (χ0) is 14.8. The average molecular weight is 274 g/mol. The largest absolute Gasteiger partial charge is 0.444 e. The third kappa shape index (κ3) is 3.34. The van der Waals surface area contributed by atoms with Crippen LogP contribution in [-0.2, 0) is 4.74 Å². The summed E-state index contributed by atoms with van der Waals surface area (Å²) in [5.41, 5.74) is -0.538. The number of hydrogen-bond donors (Lipinski definition) is 2. The summed E-state index contributed by atoms with van der Waals surface area (Å²) in [6.07, 6.45) is 2.85. The molecule has 2 rings (SSSR count). The molecule has 2 aromatic heterocycles. The fraction of sp³-hybridized carbons (Fsp3) is 0.357. The Morgan fingerprint density at radius 3 is 2.70 bits per heavy atom. The van der Waals surface area contributed by atoms with Crippen molar-refractivity contribution in [3.05, 3.63) is 24.5 Å². The van der Waals surface area contributed by atoms with E-state index in [0.717, 1.165) is 16.6 Å². The van der Waals surface area contributed by atoms with Gasteiger partial charge in [-0.05, 0) is 38.3 Å². The number of ether oxygens (including phenoxy) is 1. The normalized spacial score (nSPS) is 11.2. The lowest BCUT2D eigenvalue weighted by Crippen LogP contribution is -2.27. The molecule has 0 aliphatic heterocycles. The second-order valence-corrected chi connectivity index (χ2v) is 5.33. The third-order valence-corrected chi connectivity index (χ3v) is 2.51. The molecule has 0 aliphatic carbocycles. The monoisotopic (exact) mass is 274 g/mol. The van der Waals surface area contributed by atoms with Gasteiger partial charge in [-0.1, -0.05) is 0 Å². The second kappa shape index (κ2) is 5.32. The molecule has 2 heterocycles. The Hall–Kier alpha value is -2.37. The van der Waals surface area contributed by atoms with Crippen LogP contribution in [0.15, 0.2) is 24.5 Å². The maximum Gasteiger partial charge on any atom is 0.413 e. The maximum atomic E-state index is 11.7. The SMILES string of the molecule is CNc1nccc2cc(NC(=O)OC(C)(C)C)ncc12. The van der Waals surface area contributed by atoms with Crippen LogP contribution in [-0.4, -0.2) is 28.7 Å². The van der Waals surface area contributed by atoms with Gasteiger partial charge in [0.1, 0.15) is 17.2 Å². The molecule has 1 amide bonds. The highest BCUT2D eigenvalue weighted by atomic mass is 16.6. The second-order valence-electron chi connectivity index (χ2n) is 5.33. The van der Waals surface area contributed by atoms with Gasteiger partial charge < -0.3 is 10.1 Å². The van der Waals surface area contributed by atoms with Gasteiger partial charge in [0, 0.05) is 24.8 Å². The van der Waals surface area contributed by atoms with Crippen LogP contribution in [0.1, 0.15) is 20.8 Å². The average Bonchev–Trinajstić information content (AvgIpc) is 2.35. The van der Waals surface area contributed by atoms with Crippen molar-refractivity contribution in [2.75, 3.05) is 17.7 Å². The number of hydrogen-bond acceptors (Lipinski definition) is 5. The van der Waals surface area contributed by atoms with E-state index in [1.807, 2.05) is 26.8 Å². The van der Waals surface area contributed by atoms with Crippen LogP contribution in [0.5, 0.6) is 0 Å². The minimum Gasteiger partial charge on any atom is -0.444 e. The molecule has 0 saturated carbocycles. The van der Waals surface area contributed by atoms with Gasteiger partial charge in [-0.15, -0.1) is 0 Å². The van der Waals surface area contributed by atoms with Gasteiger partial charge in [0.2, 0.25) is 0 Å². The number of pyridine rings is 2. The van der Waals surface area contributed by atoms with Crippen LogP contribution in [0, 0.1) is 0 Å². The zero-order valence-electron chi connectivity index (χ0n) is 12.0. The predicted molar refractivity (Wildman–Crippen MR) is 78.9 cm³/mol. The molecule has 106 valence electrons. The predicted octanol–water partition coefficient (Wildman–Crippen LogP) is 3.02. The Labute approximate surface area is 117 Å². The lowest BCUT2D eigenvalue weighted by molar-refractivity contribution is 0.0635. The van der Waals surface area contributed by atoms with Gasteiger partial charge in [-0.25, -0.2) is 14.8 Å². The van der Waals surface area contributed by atoms with E-state index >= 15 is 0 Å². The summed E-state index contributed by atoms with van der Waals surface area (Å²) < 4.78 is 5.18. The van der Waals surface area contributed by atoms with Crippen molar-refractivity contribution >= 4 is 28.5 Å². The fourth-order valence-corrected chi connectivity index (χ4v) is 1.74. The van der Waals surface area contributed by atoms with E-state index < -0.39 is 11.7 Å². The van der Waals surface area contributed by atoms with Crippen molar-refractivity contribution in [3.8, 4) is 0 Å². The van der Waals surface area contributed by atoms with Crippen molar-refractivity contribution in [2.45, 2.75) is 26.4 Å². The minimum absolute atomic E-state index is 0.444. The molecule has 0 unspecified atom stereocenters. The maximum absolute atomic E-state index is 11.7. The summed E-state index contributed by atoms with van der Waals surface area (Å²) in [5, 5.41) is 7.44. The van der Waals surface area contributed by atoms with Gasteiger partial charge in [0.25, 0.3) is 0 Å². The van der Waals surface area contributed by atoms with Crippen LogP contribution in [0.2, 0.25) is 0 Å². The molecule has 0 fully saturated rings. The van der Waals surface area contributed by atoms with Gasteiger partial charge in [-0.3, -0.25) is 5.32 Å². The van der Waals surface area contributed by atoms with Crippen LogP contribution >= 0.6 is 0 Å². The van der Waals surface area contributed by atoms with Crippen molar-refractivity contribution in [3.63, 3.8) is 0 Å². The first-order valence-electron chi connectivity index (χ1n) is 6.31. The summed E-state index contributed by atoms with van der Waals surface area (Å²) in [7, 11) is 1.80. The number of anilines is 2. The van der Waals surface area contributed by atoms with Crippen molar-refractivity contribution in [1.29, 1.82) is 0 Å². The highest BCUT2D eigenvalue weighted by Crippen LogP contribution is 2.22. The lowest BCUT2D eigenvalue weighted by atomic mass is 10.2. The van der Waals surface area contributed by atoms with Gasteiger partial charge in [0.15, 0.2) is 0 Å². The van der Waals surface area contributed by atoms with E-state index in [1.54, 1.807) is 25.5 Å². The fourth-order valence-electron chi connectivity index (χ4n) is 1.74. The molecule has 0 radical (unpaired) electrons. The highest BCUT2D eigenvalue weighted by molar-refractivity contribution is 5.94. The summed E-state index contributed by atoms with van der Waals surface area (Å²) in [5.74, 6) is 1.19. The first kappa shape index (κ1) is 14.0. The quantitative estimate of drug-likeness (QED) is 0.880. The molecular formula is C14H18N4O2. The third-order valence-electron chi connectivity index (χ3n) is 2.51. The van der Waals surface area contributed by atoms with E-state index in [9.17, 15) is 4.79 Å². The van der Waals surface area contributed by atoms with E-state index in [4.69, 9.17) is 4.74 Å². The van der Waals surface area contributed by atoms with Crippen molar-refractivity contribution < 1.29 is 9.53 Å². The van der Waals surface area contributed by atoms with Crippen LogP contribution in [0.4, 0.5) is 16.4 Å². The summed E-state index contributed by atoms with van der Waals surface area (Å²) in [6.45, 7) is 5.43. The number of fused-ring (bicyclic) bond motifs is 1. The molecule has 0 bridgehead atoms. The Kier molecular flexibility index (Phi) is 3.74. The van der Waals surface area contributed by atoms with E-state index in [0.29, 0.717) is 5.82 Å². The first-order chi connectivity index (χ1) is 9.39. The van der Waals surface area contributed by atoms with Crippen molar-refractivity contribution in [2.24, 2.45) is 0 Å². The molecule has 0 saturated heterocycles. The molecule has 20 heavy (non-hydrogen) atoms. The van der Waals surface area contributed by atoms with E-state index in [-0.39, 0.29) is 0 Å². The molecule has 2 aromatic rings. The number of aromatic nitrogens is 2. The standard InChI is InChI=1S/C14H18N4O2/c1-14(2,3)20-13(19)18-11-7-9-5-6-16-12(15-4)10(9)8-17-11/h5-8H,1-4H3,(H,15,16)(H,17,18,19). The van der Waals surface area contributed by atoms with Gasteiger partial charge in [-0.2, -0.15) is 0 Å². The minimum atomic E-state index is -0.538. The van der Waals surface area contributed by atoms with Crippen molar-refractivity contribution in [1.82, 2.24) is 9.97 Å². The smallest absolute Gasteiger partial charge is 0.413 e. The molecule has 6 heteroatoms. The molecule has 2 N–H and O–H groups in total. The lowest BCUT2D eigenvalue weighted by Gasteiger charge is -2.19. The van der Waals surface area contributed by atoms with Gasteiger partial charge in [0.05, 0.1) is 0 Å². The van der Waals surface area contributed by atoms with Gasteiger partial charge >= 0.3 is 6.09 Å². The van der Waals surface area contributed by atoms with Crippen LogP contribution < -0.4 is 10.6 Å². The number of carbonyl (C=O) groups excluding carboxylic acids is 1. The first-order valence-corrected chi connectivity index (χ1v) is 6.31. The summed E-state index contributed by atoms with van der Waals surface area (Å²) in [4.78, 5) is 20.1. The Morgan fingerprint density at radius 2 is 2.05 bits per heavy atom. The zero-order valence-corrected chi connectivity index (χ0v) is 12.0. The Morgan fingerprint density at radius 1 is 1.30 bits per heavy atom. The number of rotatable bonds is 2. The van der Waals surface area contributed by atoms with E-state index in [2.05, 4.69) is 20.6 Å².